The maximum absolute atomic E-state index is 13.1. The third kappa shape index (κ3) is 5.50. The highest BCUT2D eigenvalue weighted by molar-refractivity contribution is 7.91. The van der Waals surface area contributed by atoms with Gasteiger partial charge in [-0.3, -0.25) is 4.79 Å². The van der Waals surface area contributed by atoms with Gasteiger partial charge in [0.25, 0.3) is 5.91 Å². The summed E-state index contributed by atoms with van der Waals surface area (Å²) < 4.78 is 42.6. The molecule has 1 amide bonds. The van der Waals surface area contributed by atoms with Crippen LogP contribution in [0.15, 0.2) is 30.3 Å². The zero-order valence-electron chi connectivity index (χ0n) is 16.9. The van der Waals surface area contributed by atoms with Gasteiger partial charge in [-0.05, 0) is 43.7 Å². The molecule has 0 saturated carbocycles. The molecule has 11 heteroatoms. The van der Waals surface area contributed by atoms with Gasteiger partial charge in [0.2, 0.25) is 0 Å². The van der Waals surface area contributed by atoms with Crippen LogP contribution in [-0.4, -0.2) is 66.2 Å². The Hall–Kier alpha value is -2.72. The molecule has 166 valence electrons. The monoisotopic (exact) mass is 469 g/mol. The minimum atomic E-state index is -3.12. The van der Waals surface area contributed by atoms with Crippen LogP contribution in [0.2, 0.25) is 5.15 Å². The van der Waals surface area contributed by atoms with E-state index in [1.54, 1.807) is 6.92 Å². The van der Waals surface area contributed by atoms with Gasteiger partial charge in [0, 0.05) is 24.7 Å². The number of likely N-dealkylation sites (N-methyl/N-ethyl adjacent to an activating group) is 1. The van der Waals surface area contributed by atoms with Gasteiger partial charge < -0.3 is 9.64 Å². The Morgan fingerprint density at radius 1 is 1.35 bits per heavy atom. The molecule has 0 bridgehead atoms. The third-order valence-corrected chi connectivity index (χ3v) is 7.11. The Kier molecular flexibility index (Phi) is 6.80. The van der Waals surface area contributed by atoms with Crippen molar-refractivity contribution in [1.29, 1.82) is 0 Å². The normalized spacial score (nSPS) is 17.7. The summed E-state index contributed by atoms with van der Waals surface area (Å²) in [5, 5.41) is 4.52. The van der Waals surface area contributed by atoms with E-state index in [0.29, 0.717) is 23.4 Å². The van der Waals surface area contributed by atoms with E-state index < -0.39 is 34.4 Å². The number of nitrogens with zero attached hydrogens (tertiary/aromatic N) is 3. The van der Waals surface area contributed by atoms with Crippen molar-refractivity contribution in [2.75, 3.05) is 25.2 Å². The van der Waals surface area contributed by atoms with Gasteiger partial charge in [0.1, 0.15) is 11.0 Å². The molecule has 31 heavy (non-hydrogen) atoms. The van der Waals surface area contributed by atoms with E-state index in [4.69, 9.17) is 16.3 Å². The molecule has 0 radical (unpaired) electrons. The fraction of sp³-hybridized carbons (Fsp3) is 0.350. The van der Waals surface area contributed by atoms with Gasteiger partial charge in [0.05, 0.1) is 22.9 Å². The number of halogens is 2. The number of carbonyl (C=O) groups excluding carboxylic acids is 2. The fourth-order valence-electron chi connectivity index (χ4n) is 3.17. The van der Waals surface area contributed by atoms with Crippen molar-refractivity contribution in [3.05, 3.63) is 52.6 Å². The summed E-state index contributed by atoms with van der Waals surface area (Å²) in [4.78, 5) is 25.5. The van der Waals surface area contributed by atoms with Gasteiger partial charge in [-0.1, -0.05) is 11.6 Å². The summed E-state index contributed by atoms with van der Waals surface area (Å²) in [5.41, 5.74) is 1.57. The molecule has 3 rings (SSSR count). The van der Waals surface area contributed by atoms with Crippen LogP contribution in [0.1, 0.15) is 17.7 Å². The second-order valence-corrected chi connectivity index (χ2v) is 9.77. The number of hydrogen-bond donors (Lipinski definition) is 0. The molecule has 8 nitrogen and oxygen atoms in total. The molecule has 2 aromatic rings. The number of ether oxygens (including phenoxy) is 1. The predicted octanol–water partition coefficient (Wildman–Crippen LogP) is 2.18. The van der Waals surface area contributed by atoms with Crippen LogP contribution in [0.3, 0.4) is 0 Å². The molecule has 2 heterocycles. The highest BCUT2D eigenvalue weighted by atomic mass is 35.5. The highest BCUT2D eigenvalue weighted by Crippen LogP contribution is 2.25. The first-order chi connectivity index (χ1) is 14.6. The zero-order chi connectivity index (χ0) is 22.8. The molecular formula is C20H21ClFN3O5S. The molecule has 1 atom stereocenters. The lowest BCUT2D eigenvalue weighted by Crippen LogP contribution is -2.40. The summed E-state index contributed by atoms with van der Waals surface area (Å²) >= 11 is 6.35. The second kappa shape index (κ2) is 9.19. The molecule has 1 aromatic carbocycles. The first-order valence-electron chi connectivity index (χ1n) is 9.39. The number of sulfone groups is 1. The fourth-order valence-corrected chi connectivity index (χ4v) is 5.28. The molecule has 1 saturated heterocycles. The topological polar surface area (TPSA) is 98.6 Å². The van der Waals surface area contributed by atoms with Crippen molar-refractivity contribution >= 4 is 39.4 Å². The lowest BCUT2D eigenvalue weighted by molar-refractivity contribution is -0.148. The van der Waals surface area contributed by atoms with Crippen molar-refractivity contribution < 1.29 is 27.1 Å². The first kappa shape index (κ1) is 23.0. The minimum absolute atomic E-state index is 0.0452. The average Bonchev–Trinajstić information content (AvgIpc) is 3.23. The van der Waals surface area contributed by atoms with Crippen molar-refractivity contribution in [2.24, 2.45) is 0 Å². The highest BCUT2D eigenvalue weighted by Gasteiger charge is 2.32. The van der Waals surface area contributed by atoms with Gasteiger partial charge >= 0.3 is 5.97 Å². The molecule has 1 unspecified atom stereocenters. The molecule has 1 fully saturated rings. The first-order valence-corrected chi connectivity index (χ1v) is 11.6. The van der Waals surface area contributed by atoms with Gasteiger partial charge in [0.15, 0.2) is 16.4 Å². The van der Waals surface area contributed by atoms with Crippen LogP contribution in [0, 0.1) is 12.7 Å². The van der Waals surface area contributed by atoms with Crippen molar-refractivity contribution in [1.82, 2.24) is 14.7 Å². The van der Waals surface area contributed by atoms with Crippen LogP contribution in [0.5, 0.6) is 0 Å². The van der Waals surface area contributed by atoms with Crippen molar-refractivity contribution in [3.8, 4) is 5.69 Å². The molecular weight excluding hydrogens is 449 g/mol. The Morgan fingerprint density at radius 3 is 2.65 bits per heavy atom. The number of carbonyl (C=O) groups is 2. The summed E-state index contributed by atoms with van der Waals surface area (Å²) in [6.45, 7) is 1.20. The third-order valence-electron chi connectivity index (χ3n) is 4.99. The Morgan fingerprint density at radius 2 is 2.03 bits per heavy atom. The molecule has 1 aromatic heterocycles. The second-order valence-electron chi connectivity index (χ2n) is 7.18. The molecule has 1 aliphatic rings. The number of aromatic nitrogens is 2. The van der Waals surface area contributed by atoms with E-state index in [1.807, 2.05) is 0 Å². The van der Waals surface area contributed by atoms with E-state index in [0.717, 1.165) is 6.08 Å². The van der Waals surface area contributed by atoms with Crippen molar-refractivity contribution in [2.45, 2.75) is 19.4 Å². The van der Waals surface area contributed by atoms with Gasteiger partial charge in [-0.25, -0.2) is 22.3 Å². The maximum atomic E-state index is 13.1. The lowest BCUT2D eigenvalue weighted by Gasteiger charge is -2.22. The number of benzene rings is 1. The molecule has 0 aliphatic carbocycles. The van der Waals surface area contributed by atoms with Crippen LogP contribution in [0.25, 0.3) is 11.8 Å². The number of esters is 1. The molecule has 1 aliphatic heterocycles. The quantitative estimate of drug-likeness (QED) is 0.475. The Labute approximate surface area is 184 Å². The van der Waals surface area contributed by atoms with Crippen LogP contribution >= 0.6 is 11.6 Å². The maximum Gasteiger partial charge on any atom is 0.331 e. The standard InChI is InChI=1S/C20H21ClFN3O5S/c1-13-17(20(21)25(23-13)15-5-3-14(22)4-6-15)7-8-19(27)30-11-18(26)24(2)16-9-10-31(28,29)12-16/h3-8,16H,9-12H2,1-2H3/b8-7+. The molecule has 0 N–H and O–H groups in total. The smallest absolute Gasteiger partial charge is 0.331 e. The van der Waals surface area contributed by atoms with E-state index in [1.165, 1.54) is 47.0 Å². The zero-order valence-corrected chi connectivity index (χ0v) is 18.5. The van der Waals surface area contributed by atoms with Crippen LogP contribution < -0.4 is 0 Å². The number of aryl methyl sites for hydroxylation is 1. The largest absolute Gasteiger partial charge is 0.452 e. The van der Waals surface area contributed by atoms with Gasteiger partial charge in [-0.15, -0.1) is 0 Å². The summed E-state index contributed by atoms with van der Waals surface area (Å²) in [7, 11) is -1.63. The number of hydrogen-bond acceptors (Lipinski definition) is 6. The number of amides is 1. The van der Waals surface area contributed by atoms with E-state index >= 15 is 0 Å². The summed E-state index contributed by atoms with van der Waals surface area (Å²) in [6.07, 6.45) is 2.91. The minimum Gasteiger partial charge on any atom is -0.452 e. The van der Waals surface area contributed by atoms with E-state index in [2.05, 4.69) is 5.10 Å². The van der Waals surface area contributed by atoms with Crippen LogP contribution in [0.4, 0.5) is 4.39 Å². The summed E-state index contributed by atoms with van der Waals surface area (Å²) in [5.74, 6) is -1.67. The Balaban J connectivity index is 1.60. The van der Waals surface area contributed by atoms with E-state index in [9.17, 15) is 22.4 Å². The van der Waals surface area contributed by atoms with Crippen LogP contribution in [-0.2, 0) is 24.2 Å². The number of rotatable bonds is 6. The molecule has 0 spiro atoms. The van der Waals surface area contributed by atoms with Crippen molar-refractivity contribution in [3.63, 3.8) is 0 Å². The predicted molar refractivity (Wildman–Crippen MR) is 113 cm³/mol. The lowest BCUT2D eigenvalue weighted by atomic mass is 10.2. The SMILES string of the molecule is Cc1nn(-c2ccc(F)cc2)c(Cl)c1/C=C/C(=O)OCC(=O)N(C)C1CCS(=O)(=O)C1. The van der Waals surface area contributed by atoms with Gasteiger partial charge in [-0.2, -0.15) is 5.10 Å². The Bertz CT molecular complexity index is 1130. The average molecular weight is 470 g/mol. The van der Waals surface area contributed by atoms with E-state index in [-0.39, 0.29) is 22.5 Å². The summed E-state index contributed by atoms with van der Waals surface area (Å²) in [6, 6.07) is 5.19.